The van der Waals surface area contributed by atoms with E-state index < -0.39 is 5.97 Å². The Hall–Kier alpha value is -3.10. The van der Waals surface area contributed by atoms with E-state index in [4.69, 9.17) is 4.74 Å². The number of fused-ring (bicyclic) bond motifs is 1. The number of aromatic nitrogens is 3. The SMILES string of the molecule is COc1cc(C)c2[nH]ccc2c1CN1CC[C@@H](n2cc(Br)cn2)C[C@H]1c1ccccc1C(=O)O. The summed E-state index contributed by atoms with van der Waals surface area (Å²) >= 11 is 3.50. The summed E-state index contributed by atoms with van der Waals surface area (Å²) in [6.45, 7) is 3.54. The number of rotatable bonds is 6. The van der Waals surface area contributed by atoms with Gasteiger partial charge in [0.2, 0.25) is 0 Å². The Labute approximate surface area is 206 Å². The fourth-order valence-corrected chi connectivity index (χ4v) is 5.53. The molecule has 5 rings (SSSR count). The van der Waals surface area contributed by atoms with E-state index in [0.29, 0.717) is 12.1 Å². The minimum absolute atomic E-state index is 0.0750. The highest BCUT2D eigenvalue weighted by atomic mass is 79.9. The number of methoxy groups -OCH3 is 1. The van der Waals surface area contributed by atoms with Gasteiger partial charge in [-0.25, -0.2) is 4.79 Å². The van der Waals surface area contributed by atoms with Crippen molar-refractivity contribution in [3.63, 3.8) is 0 Å². The second kappa shape index (κ2) is 9.27. The van der Waals surface area contributed by atoms with E-state index in [2.05, 4.69) is 50.0 Å². The Morgan fingerprint density at radius 3 is 2.88 bits per heavy atom. The Balaban J connectivity index is 1.56. The van der Waals surface area contributed by atoms with Gasteiger partial charge in [-0.05, 0) is 65.0 Å². The average Bonchev–Trinajstić information content (AvgIpc) is 3.50. The molecule has 0 saturated carbocycles. The molecule has 176 valence electrons. The Bertz CT molecular complexity index is 1350. The molecule has 0 spiro atoms. The van der Waals surface area contributed by atoms with Crippen LogP contribution in [-0.4, -0.2) is 44.4 Å². The number of carboxylic acid groups (broad SMARTS) is 1. The molecular formula is C26H27BrN4O3. The van der Waals surface area contributed by atoms with Crippen LogP contribution in [0.25, 0.3) is 10.9 Å². The number of hydrogen-bond acceptors (Lipinski definition) is 4. The van der Waals surface area contributed by atoms with Gasteiger partial charge in [0.25, 0.3) is 0 Å². The Morgan fingerprint density at radius 1 is 1.32 bits per heavy atom. The number of piperidine rings is 1. The number of benzene rings is 2. The fourth-order valence-electron chi connectivity index (χ4n) is 5.23. The van der Waals surface area contributed by atoms with Crippen LogP contribution in [-0.2, 0) is 6.54 Å². The first-order chi connectivity index (χ1) is 16.5. The van der Waals surface area contributed by atoms with Crippen LogP contribution >= 0.6 is 15.9 Å². The van der Waals surface area contributed by atoms with E-state index in [1.807, 2.05) is 29.2 Å². The summed E-state index contributed by atoms with van der Waals surface area (Å²) in [7, 11) is 1.70. The van der Waals surface area contributed by atoms with Gasteiger partial charge in [0.1, 0.15) is 5.75 Å². The number of nitrogens with one attached hydrogen (secondary N) is 1. The molecule has 2 aromatic carbocycles. The normalized spacial score (nSPS) is 18.9. The lowest BCUT2D eigenvalue weighted by Crippen LogP contribution is -2.38. The summed E-state index contributed by atoms with van der Waals surface area (Å²) in [5.74, 6) is -0.0477. The number of H-pyrrole nitrogens is 1. The number of hydrogen-bond donors (Lipinski definition) is 2. The van der Waals surface area contributed by atoms with Crippen LogP contribution in [0.3, 0.4) is 0 Å². The average molecular weight is 523 g/mol. The van der Waals surface area contributed by atoms with Gasteiger partial charge < -0.3 is 14.8 Å². The van der Waals surface area contributed by atoms with Crippen molar-refractivity contribution in [3.05, 3.63) is 81.7 Å². The van der Waals surface area contributed by atoms with Crippen molar-refractivity contribution in [2.45, 2.75) is 38.4 Å². The molecule has 34 heavy (non-hydrogen) atoms. The Morgan fingerprint density at radius 2 is 2.15 bits per heavy atom. The highest BCUT2D eigenvalue weighted by molar-refractivity contribution is 9.10. The maximum absolute atomic E-state index is 12.1. The van der Waals surface area contributed by atoms with Crippen molar-refractivity contribution in [2.24, 2.45) is 0 Å². The topological polar surface area (TPSA) is 83.4 Å². The minimum Gasteiger partial charge on any atom is -0.496 e. The molecule has 1 aliphatic rings. The fraction of sp³-hybridized carbons (Fsp3) is 0.308. The molecule has 7 nitrogen and oxygen atoms in total. The van der Waals surface area contributed by atoms with Gasteiger partial charge in [-0.2, -0.15) is 5.10 Å². The van der Waals surface area contributed by atoms with Crippen LogP contribution in [0.2, 0.25) is 0 Å². The van der Waals surface area contributed by atoms with Gasteiger partial charge in [0.05, 0.1) is 29.4 Å². The molecule has 2 aromatic heterocycles. The summed E-state index contributed by atoms with van der Waals surface area (Å²) in [6.07, 6.45) is 7.44. The third-order valence-corrected chi connectivity index (χ3v) is 7.28. The zero-order valence-corrected chi connectivity index (χ0v) is 20.7. The predicted octanol–water partition coefficient (Wildman–Crippen LogP) is 5.72. The summed E-state index contributed by atoms with van der Waals surface area (Å²) < 4.78 is 8.72. The Kier molecular flexibility index (Phi) is 6.18. The number of halogens is 1. The molecule has 3 heterocycles. The predicted molar refractivity (Wildman–Crippen MR) is 134 cm³/mol. The minimum atomic E-state index is -0.902. The number of aryl methyl sites for hydroxylation is 1. The first-order valence-electron chi connectivity index (χ1n) is 11.4. The first-order valence-corrected chi connectivity index (χ1v) is 12.1. The maximum atomic E-state index is 12.1. The first kappa shape index (κ1) is 22.7. The summed E-state index contributed by atoms with van der Waals surface area (Å²) in [6, 6.07) is 11.6. The third kappa shape index (κ3) is 4.12. The van der Waals surface area contributed by atoms with Crippen molar-refractivity contribution in [2.75, 3.05) is 13.7 Å². The lowest BCUT2D eigenvalue weighted by molar-refractivity contribution is 0.0682. The van der Waals surface area contributed by atoms with Crippen LogP contribution in [0, 0.1) is 6.92 Å². The van der Waals surface area contributed by atoms with Gasteiger partial charge >= 0.3 is 5.97 Å². The summed E-state index contributed by atoms with van der Waals surface area (Å²) in [4.78, 5) is 17.8. The van der Waals surface area contributed by atoms with Gasteiger partial charge in [-0.15, -0.1) is 0 Å². The molecule has 0 unspecified atom stereocenters. The zero-order valence-electron chi connectivity index (χ0n) is 19.2. The molecule has 0 amide bonds. The van der Waals surface area contributed by atoms with Crippen LogP contribution in [0.1, 0.15) is 52.0 Å². The zero-order chi connectivity index (χ0) is 23.8. The lowest BCUT2D eigenvalue weighted by Gasteiger charge is -2.40. The largest absolute Gasteiger partial charge is 0.496 e. The molecule has 2 atom stereocenters. The number of aromatic amines is 1. The van der Waals surface area contributed by atoms with Crippen molar-refractivity contribution in [3.8, 4) is 5.75 Å². The van der Waals surface area contributed by atoms with Crippen molar-refractivity contribution >= 4 is 32.8 Å². The molecule has 4 aromatic rings. The van der Waals surface area contributed by atoms with Crippen LogP contribution in [0.4, 0.5) is 0 Å². The number of aromatic carboxylic acids is 1. The van der Waals surface area contributed by atoms with Crippen molar-refractivity contribution in [1.82, 2.24) is 19.7 Å². The van der Waals surface area contributed by atoms with E-state index in [1.165, 1.54) is 0 Å². The van der Waals surface area contributed by atoms with E-state index in [9.17, 15) is 9.90 Å². The molecule has 8 heteroatoms. The van der Waals surface area contributed by atoms with Gasteiger partial charge in [0.15, 0.2) is 0 Å². The quantitative estimate of drug-likeness (QED) is 0.338. The molecule has 1 fully saturated rings. The highest BCUT2D eigenvalue weighted by Crippen LogP contribution is 2.41. The number of likely N-dealkylation sites (tertiary alicyclic amines) is 1. The third-order valence-electron chi connectivity index (χ3n) is 6.87. The van der Waals surface area contributed by atoms with Gasteiger partial charge in [-0.1, -0.05) is 18.2 Å². The van der Waals surface area contributed by atoms with Crippen LogP contribution < -0.4 is 4.74 Å². The second-order valence-electron chi connectivity index (χ2n) is 8.84. The van der Waals surface area contributed by atoms with E-state index >= 15 is 0 Å². The maximum Gasteiger partial charge on any atom is 0.336 e. The number of ether oxygens (including phenoxy) is 1. The van der Waals surface area contributed by atoms with E-state index in [-0.39, 0.29) is 12.1 Å². The molecule has 1 aliphatic heterocycles. The smallest absolute Gasteiger partial charge is 0.336 e. The van der Waals surface area contributed by atoms with E-state index in [0.717, 1.165) is 57.2 Å². The number of carbonyl (C=O) groups is 1. The number of carboxylic acids is 1. The van der Waals surface area contributed by atoms with Crippen molar-refractivity contribution in [1.29, 1.82) is 0 Å². The second-order valence-corrected chi connectivity index (χ2v) is 9.75. The van der Waals surface area contributed by atoms with Crippen molar-refractivity contribution < 1.29 is 14.6 Å². The van der Waals surface area contributed by atoms with E-state index in [1.54, 1.807) is 25.4 Å². The standard InChI is InChI=1S/C26H27BrN4O3/c1-16-11-24(34-2)22(20-7-9-28-25(16)20)15-30-10-8-18(31-14-17(27)13-29-31)12-23(30)19-5-3-4-6-21(19)26(32)33/h3-7,9,11,13-14,18,23,28H,8,10,12,15H2,1-2H3,(H,32,33)/t18-,23+/m1/s1. The lowest BCUT2D eigenvalue weighted by atomic mass is 9.88. The monoisotopic (exact) mass is 522 g/mol. The molecule has 0 aliphatic carbocycles. The molecule has 0 bridgehead atoms. The molecular weight excluding hydrogens is 496 g/mol. The van der Waals surface area contributed by atoms with Gasteiger partial charge in [-0.3, -0.25) is 9.58 Å². The van der Waals surface area contributed by atoms with Crippen LogP contribution in [0.15, 0.2) is 59.5 Å². The summed E-state index contributed by atoms with van der Waals surface area (Å²) in [5, 5.41) is 15.6. The van der Waals surface area contributed by atoms with Crippen LogP contribution in [0.5, 0.6) is 5.75 Å². The molecule has 2 N–H and O–H groups in total. The molecule has 0 radical (unpaired) electrons. The molecule has 1 saturated heterocycles. The number of nitrogens with zero attached hydrogens (tertiary/aromatic N) is 3. The van der Waals surface area contributed by atoms with Gasteiger partial charge in [0, 0.05) is 48.0 Å². The summed E-state index contributed by atoms with van der Waals surface area (Å²) in [5.41, 5.74) is 4.54. The highest BCUT2D eigenvalue weighted by Gasteiger charge is 2.34.